The average Bonchev–Trinajstić information content (AvgIpc) is 2.25. The first-order valence-electron chi connectivity index (χ1n) is 6.42. The monoisotopic (exact) mass is 295 g/mol. The minimum absolute atomic E-state index is 0.0311. The highest BCUT2D eigenvalue weighted by atomic mass is 19.4. The molecule has 0 aliphatic carbocycles. The van der Waals surface area contributed by atoms with E-state index >= 15 is 0 Å². The Kier molecular flexibility index (Phi) is 5.01. The number of piperidine rings is 1. The Bertz CT molecular complexity index is 375. The first-order valence-corrected chi connectivity index (χ1v) is 6.42. The summed E-state index contributed by atoms with van der Waals surface area (Å²) in [4.78, 5) is 22.8. The number of carbonyl (C=O) groups is 2. The Hall–Kier alpha value is -1.31. The van der Waals surface area contributed by atoms with E-state index in [2.05, 4.69) is 10.6 Å². The second-order valence-corrected chi connectivity index (χ2v) is 5.79. The van der Waals surface area contributed by atoms with Crippen LogP contribution in [0.4, 0.5) is 13.2 Å². The van der Waals surface area contributed by atoms with Crippen LogP contribution in [0.1, 0.15) is 33.1 Å². The Labute approximate surface area is 115 Å². The molecule has 0 aromatic heterocycles. The zero-order chi connectivity index (χ0) is 15.6. The highest BCUT2D eigenvalue weighted by molar-refractivity contribution is 5.83. The number of carbonyl (C=O) groups excluding carboxylic acids is 2. The van der Waals surface area contributed by atoms with Gasteiger partial charge in [0.1, 0.15) is 0 Å². The molecule has 1 aliphatic heterocycles. The highest BCUT2D eigenvalue weighted by Gasteiger charge is 2.42. The fourth-order valence-electron chi connectivity index (χ4n) is 2.26. The molecule has 116 valence electrons. The Morgan fingerprint density at radius 1 is 1.30 bits per heavy atom. The molecule has 0 aromatic carbocycles. The third kappa shape index (κ3) is 4.99. The summed E-state index contributed by atoms with van der Waals surface area (Å²) >= 11 is 0. The van der Waals surface area contributed by atoms with Crippen molar-refractivity contribution in [1.82, 2.24) is 10.6 Å². The van der Waals surface area contributed by atoms with E-state index in [1.165, 1.54) is 0 Å². The van der Waals surface area contributed by atoms with Gasteiger partial charge in [-0.15, -0.1) is 0 Å². The molecule has 2 atom stereocenters. The summed E-state index contributed by atoms with van der Waals surface area (Å²) in [6, 6.07) is -0.666. The van der Waals surface area contributed by atoms with Crippen LogP contribution < -0.4 is 16.4 Å². The highest BCUT2D eigenvalue weighted by Crippen LogP contribution is 2.32. The summed E-state index contributed by atoms with van der Waals surface area (Å²) in [7, 11) is 0. The van der Waals surface area contributed by atoms with Crippen LogP contribution in [0.25, 0.3) is 0 Å². The number of rotatable bonds is 4. The number of nitrogens with one attached hydrogen (secondary N) is 2. The first-order chi connectivity index (χ1) is 9.01. The largest absolute Gasteiger partial charge is 0.393 e. The van der Waals surface area contributed by atoms with E-state index in [4.69, 9.17) is 5.73 Å². The predicted molar refractivity (Wildman–Crippen MR) is 66.6 cm³/mol. The quantitative estimate of drug-likeness (QED) is 0.713. The van der Waals surface area contributed by atoms with Crippen molar-refractivity contribution in [2.75, 3.05) is 6.54 Å². The fraction of sp³-hybridized carbons (Fsp3) is 0.833. The van der Waals surface area contributed by atoms with Crippen molar-refractivity contribution in [2.45, 2.75) is 50.9 Å². The van der Waals surface area contributed by atoms with Crippen LogP contribution in [-0.2, 0) is 9.59 Å². The van der Waals surface area contributed by atoms with Crippen molar-refractivity contribution in [3.63, 3.8) is 0 Å². The van der Waals surface area contributed by atoms with Gasteiger partial charge in [-0.25, -0.2) is 0 Å². The van der Waals surface area contributed by atoms with E-state index in [1.54, 1.807) is 13.8 Å². The lowest BCUT2D eigenvalue weighted by atomic mass is 9.92. The zero-order valence-corrected chi connectivity index (χ0v) is 11.5. The Morgan fingerprint density at radius 3 is 2.30 bits per heavy atom. The molecular weight excluding hydrogens is 275 g/mol. The molecule has 1 heterocycles. The summed E-state index contributed by atoms with van der Waals surface area (Å²) in [5.74, 6) is -2.37. The molecule has 1 fully saturated rings. The number of alkyl halides is 3. The van der Waals surface area contributed by atoms with Crippen molar-refractivity contribution in [3.8, 4) is 0 Å². The maximum atomic E-state index is 12.5. The van der Waals surface area contributed by atoms with Gasteiger partial charge in [0.25, 0.3) is 0 Å². The lowest BCUT2D eigenvalue weighted by Crippen LogP contribution is -2.56. The second kappa shape index (κ2) is 5.99. The van der Waals surface area contributed by atoms with Crippen molar-refractivity contribution in [1.29, 1.82) is 0 Å². The second-order valence-electron chi connectivity index (χ2n) is 5.79. The van der Waals surface area contributed by atoms with Crippen LogP contribution in [-0.4, -0.2) is 36.1 Å². The number of nitrogens with two attached hydrogens (primary N) is 1. The molecule has 2 amide bonds. The summed E-state index contributed by atoms with van der Waals surface area (Å²) in [5, 5.41) is 5.23. The van der Waals surface area contributed by atoms with Crippen molar-refractivity contribution in [2.24, 2.45) is 11.7 Å². The molecule has 4 N–H and O–H groups in total. The molecule has 1 rings (SSSR count). The average molecular weight is 295 g/mol. The van der Waals surface area contributed by atoms with Gasteiger partial charge in [-0.2, -0.15) is 13.2 Å². The Morgan fingerprint density at radius 2 is 1.90 bits per heavy atom. The minimum Gasteiger partial charge on any atom is -0.370 e. The number of halogens is 3. The maximum absolute atomic E-state index is 12.5. The molecule has 2 unspecified atom stereocenters. The first kappa shape index (κ1) is 16.7. The van der Waals surface area contributed by atoms with Gasteiger partial charge in [0.05, 0.1) is 12.0 Å². The molecule has 0 spiro atoms. The standard InChI is InChI=1S/C12H20F3N3O2/c1-11(2,5-9(16)19)18-10(20)8-4-3-7(6-17-8)12(13,14)15/h7-8,17H,3-6H2,1-2H3,(H2,16,19)(H,18,20). The molecule has 0 aromatic rings. The van der Waals surface area contributed by atoms with Crippen LogP contribution in [0.3, 0.4) is 0 Å². The lowest BCUT2D eigenvalue weighted by Gasteiger charge is -2.33. The number of hydrogen-bond acceptors (Lipinski definition) is 3. The normalized spacial score (nSPS) is 24.2. The van der Waals surface area contributed by atoms with Crippen molar-refractivity contribution >= 4 is 11.8 Å². The summed E-state index contributed by atoms with van der Waals surface area (Å²) in [5.41, 5.74) is 4.25. The predicted octanol–water partition coefficient (Wildman–Crippen LogP) is 0.687. The van der Waals surface area contributed by atoms with Crippen LogP contribution in [0.15, 0.2) is 0 Å². The zero-order valence-electron chi connectivity index (χ0n) is 11.5. The summed E-state index contributed by atoms with van der Waals surface area (Å²) in [6.07, 6.45) is -4.23. The smallest absolute Gasteiger partial charge is 0.370 e. The van der Waals surface area contributed by atoms with Crippen LogP contribution in [0, 0.1) is 5.92 Å². The summed E-state index contributed by atoms with van der Waals surface area (Å²) < 4.78 is 37.5. The van der Waals surface area contributed by atoms with Crippen LogP contribution >= 0.6 is 0 Å². The fourth-order valence-corrected chi connectivity index (χ4v) is 2.26. The number of hydrogen-bond donors (Lipinski definition) is 3. The van der Waals surface area contributed by atoms with Gasteiger partial charge in [0.2, 0.25) is 11.8 Å². The molecular formula is C12H20F3N3O2. The van der Waals surface area contributed by atoms with E-state index in [0.29, 0.717) is 0 Å². The molecule has 0 saturated carbocycles. The van der Waals surface area contributed by atoms with E-state index < -0.39 is 35.5 Å². The molecule has 0 bridgehead atoms. The topological polar surface area (TPSA) is 84.2 Å². The van der Waals surface area contributed by atoms with E-state index in [9.17, 15) is 22.8 Å². The minimum atomic E-state index is -4.24. The van der Waals surface area contributed by atoms with Gasteiger partial charge in [0, 0.05) is 18.5 Å². The van der Waals surface area contributed by atoms with Crippen molar-refractivity contribution < 1.29 is 22.8 Å². The van der Waals surface area contributed by atoms with Gasteiger partial charge in [0.15, 0.2) is 0 Å². The maximum Gasteiger partial charge on any atom is 0.393 e. The third-order valence-corrected chi connectivity index (χ3v) is 3.27. The molecule has 1 aliphatic rings. The number of amides is 2. The van der Waals surface area contributed by atoms with Gasteiger partial charge in [-0.05, 0) is 26.7 Å². The van der Waals surface area contributed by atoms with Gasteiger partial charge in [-0.3, -0.25) is 9.59 Å². The molecule has 8 heteroatoms. The van der Waals surface area contributed by atoms with E-state index in [-0.39, 0.29) is 25.8 Å². The van der Waals surface area contributed by atoms with Gasteiger partial charge >= 0.3 is 6.18 Å². The molecule has 5 nitrogen and oxygen atoms in total. The van der Waals surface area contributed by atoms with Crippen LogP contribution in [0.5, 0.6) is 0 Å². The Balaban J connectivity index is 2.49. The van der Waals surface area contributed by atoms with Gasteiger partial charge < -0.3 is 16.4 Å². The van der Waals surface area contributed by atoms with Gasteiger partial charge in [-0.1, -0.05) is 0 Å². The molecule has 20 heavy (non-hydrogen) atoms. The number of primary amides is 1. The summed E-state index contributed by atoms with van der Waals surface area (Å²) in [6.45, 7) is 3.01. The third-order valence-electron chi connectivity index (χ3n) is 3.27. The SMILES string of the molecule is CC(C)(CC(N)=O)NC(=O)C1CCC(C(F)(F)F)CN1. The van der Waals surface area contributed by atoms with Crippen molar-refractivity contribution in [3.05, 3.63) is 0 Å². The van der Waals surface area contributed by atoms with E-state index in [0.717, 1.165) is 0 Å². The lowest BCUT2D eigenvalue weighted by molar-refractivity contribution is -0.180. The molecule has 0 radical (unpaired) electrons. The molecule has 1 saturated heterocycles. The van der Waals surface area contributed by atoms with E-state index in [1.807, 2.05) is 0 Å². The van der Waals surface area contributed by atoms with Crippen LogP contribution in [0.2, 0.25) is 0 Å².